The van der Waals surface area contributed by atoms with Crippen LogP contribution in [0.25, 0.3) is 0 Å². The fourth-order valence-electron chi connectivity index (χ4n) is 3.68. The Balaban J connectivity index is 1.57. The maximum absolute atomic E-state index is 12.2. The third-order valence-electron chi connectivity index (χ3n) is 4.68. The largest absolute Gasteiger partial charge is 0.459 e. The Kier molecular flexibility index (Phi) is 4.86. The molecule has 2 atom stereocenters. The molecule has 2 bridgehead atoms. The highest BCUT2D eigenvalue weighted by atomic mass is 32.2. The van der Waals surface area contributed by atoms with Gasteiger partial charge in [-0.05, 0) is 31.2 Å². The Bertz CT molecular complexity index is 465. The first kappa shape index (κ1) is 14.9. The topological polar surface area (TPSA) is 29.5 Å². The molecule has 21 heavy (non-hydrogen) atoms. The van der Waals surface area contributed by atoms with Crippen LogP contribution in [0.1, 0.15) is 36.0 Å². The van der Waals surface area contributed by atoms with Crippen molar-refractivity contribution in [3.63, 3.8) is 0 Å². The summed E-state index contributed by atoms with van der Waals surface area (Å²) >= 11 is 1.91. The monoisotopic (exact) mass is 305 g/mol. The van der Waals surface area contributed by atoms with Gasteiger partial charge in [0.1, 0.15) is 6.10 Å². The minimum absolute atomic E-state index is 0.0979. The Labute approximate surface area is 131 Å². The Morgan fingerprint density at radius 2 is 1.90 bits per heavy atom. The average molecular weight is 305 g/mol. The van der Waals surface area contributed by atoms with E-state index in [0.29, 0.717) is 17.6 Å². The first-order valence-corrected chi connectivity index (χ1v) is 9.18. The van der Waals surface area contributed by atoms with Crippen molar-refractivity contribution >= 4 is 17.7 Å². The molecular weight excluding hydrogens is 282 g/mol. The molecule has 0 amide bonds. The maximum atomic E-state index is 12.2. The molecule has 0 radical (unpaired) electrons. The predicted octanol–water partition coefficient (Wildman–Crippen LogP) is 3.20. The van der Waals surface area contributed by atoms with Crippen molar-refractivity contribution in [2.75, 3.05) is 18.6 Å². The van der Waals surface area contributed by atoms with Crippen LogP contribution in [0.2, 0.25) is 0 Å². The Morgan fingerprint density at radius 3 is 2.52 bits per heavy atom. The van der Waals surface area contributed by atoms with E-state index in [0.717, 1.165) is 12.8 Å². The number of benzene rings is 1. The van der Waals surface area contributed by atoms with Crippen LogP contribution in [-0.4, -0.2) is 47.6 Å². The molecule has 2 fully saturated rings. The van der Waals surface area contributed by atoms with Crippen molar-refractivity contribution in [1.82, 2.24) is 4.90 Å². The van der Waals surface area contributed by atoms with Gasteiger partial charge < -0.3 is 4.74 Å². The summed E-state index contributed by atoms with van der Waals surface area (Å²) in [5.41, 5.74) is 0.662. The van der Waals surface area contributed by atoms with Crippen molar-refractivity contribution in [1.29, 1.82) is 0 Å². The van der Waals surface area contributed by atoms with Crippen molar-refractivity contribution < 1.29 is 9.53 Å². The highest BCUT2D eigenvalue weighted by molar-refractivity contribution is 7.98. The van der Waals surface area contributed by atoms with Gasteiger partial charge in [0.15, 0.2) is 0 Å². The Hall–Kier alpha value is -1.00. The smallest absolute Gasteiger partial charge is 0.338 e. The zero-order chi connectivity index (χ0) is 14.7. The highest BCUT2D eigenvalue weighted by Gasteiger charge is 2.41. The predicted molar refractivity (Wildman–Crippen MR) is 86.8 cm³/mol. The maximum Gasteiger partial charge on any atom is 0.338 e. The van der Waals surface area contributed by atoms with Crippen molar-refractivity contribution in [2.45, 2.75) is 43.9 Å². The van der Waals surface area contributed by atoms with E-state index in [1.165, 1.54) is 25.1 Å². The molecule has 0 spiro atoms. The van der Waals surface area contributed by atoms with Crippen LogP contribution in [0.4, 0.5) is 0 Å². The van der Waals surface area contributed by atoms with Crippen LogP contribution in [0.15, 0.2) is 30.3 Å². The molecule has 1 aromatic rings. The van der Waals surface area contributed by atoms with Gasteiger partial charge in [0.25, 0.3) is 0 Å². The normalized spacial score (nSPS) is 28.5. The van der Waals surface area contributed by atoms with Gasteiger partial charge in [-0.1, -0.05) is 18.2 Å². The van der Waals surface area contributed by atoms with Gasteiger partial charge in [0.2, 0.25) is 0 Å². The van der Waals surface area contributed by atoms with E-state index in [1.807, 2.05) is 42.1 Å². The SMILES string of the molecule is CSCCN1C2CCC1CC(OC(=O)c1ccccc1)C2. The van der Waals surface area contributed by atoms with Crippen LogP contribution in [-0.2, 0) is 4.74 Å². The number of carbonyl (C=O) groups excluding carboxylic acids is 1. The zero-order valence-corrected chi connectivity index (χ0v) is 13.3. The summed E-state index contributed by atoms with van der Waals surface area (Å²) in [4.78, 5) is 14.8. The van der Waals surface area contributed by atoms with E-state index in [4.69, 9.17) is 4.74 Å². The minimum Gasteiger partial charge on any atom is -0.459 e. The summed E-state index contributed by atoms with van der Waals surface area (Å²) in [5, 5.41) is 0. The molecule has 114 valence electrons. The molecule has 1 aromatic carbocycles. The second-order valence-corrected chi connectivity index (χ2v) is 6.97. The van der Waals surface area contributed by atoms with Gasteiger partial charge >= 0.3 is 5.97 Å². The lowest BCUT2D eigenvalue weighted by molar-refractivity contribution is -0.00455. The second-order valence-electron chi connectivity index (χ2n) is 5.98. The molecule has 0 aromatic heterocycles. The van der Waals surface area contributed by atoms with Gasteiger partial charge in [-0.3, -0.25) is 4.90 Å². The number of rotatable bonds is 5. The Morgan fingerprint density at radius 1 is 1.24 bits per heavy atom. The lowest BCUT2D eigenvalue weighted by Gasteiger charge is -2.38. The molecular formula is C17H23NO2S. The number of carbonyl (C=O) groups is 1. The molecule has 0 aliphatic carbocycles. The number of esters is 1. The van der Waals surface area contributed by atoms with E-state index in [9.17, 15) is 4.79 Å². The summed E-state index contributed by atoms with van der Waals surface area (Å²) in [6, 6.07) is 10.6. The van der Waals surface area contributed by atoms with Gasteiger partial charge in [0, 0.05) is 37.2 Å². The first-order chi connectivity index (χ1) is 10.3. The highest BCUT2D eigenvalue weighted by Crippen LogP contribution is 2.37. The molecule has 2 heterocycles. The number of hydrogen-bond acceptors (Lipinski definition) is 4. The molecule has 2 aliphatic rings. The van der Waals surface area contributed by atoms with Crippen LogP contribution < -0.4 is 0 Å². The van der Waals surface area contributed by atoms with Gasteiger partial charge in [-0.25, -0.2) is 4.79 Å². The van der Waals surface area contributed by atoms with E-state index < -0.39 is 0 Å². The third-order valence-corrected chi connectivity index (χ3v) is 5.27. The molecule has 0 N–H and O–H groups in total. The van der Waals surface area contributed by atoms with E-state index >= 15 is 0 Å². The summed E-state index contributed by atoms with van der Waals surface area (Å²) in [6.07, 6.45) is 6.79. The number of ether oxygens (including phenoxy) is 1. The number of hydrogen-bond donors (Lipinski definition) is 0. The summed E-state index contributed by atoms with van der Waals surface area (Å²) in [7, 11) is 0. The van der Waals surface area contributed by atoms with Crippen molar-refractivity contribution in [3.8, 4) is 0 Å². The van der Waals surface area contributed by atoms with Crippen molar-refractivity contribution in [3.05, 3.63) is 35.9 Å². The molecule has 2 saturated heterocycles. The minimum atomic E-state index is -0.169. The number of piperidine rings is 1. The quantitative estimate of drug-likeness (QED) is 0.781. The van der Waals surface area contributed by atoms with E-state index in [2.05, 4.69) is 11.2 Å². The number of nitrogens with zero attached hydrogens (tertiary/aromatic N) is 1. The standard InChI is InChI=1S/C17H23NO2S/c1-21-10-9-18-14-7-8-15(18)12-16(11-14)20-17(19)13-5-3-2-4-6-13/h2-6,14-16H,7-12H2,1H3. The zero-order valence-electron chi connectivity index (χ0n) is 12.5. The fourth-order valence-corrected chi connectivity index (χ4v) is 4.07. The van der Waals surface area contributed by atoms with Gasteiger partial charge in [-0.15, -0.1) is 0 Å². The number of fused-ring (bicyclic) bond motifs is 2. The second kappa shape index (κ2) is 6.84. The molecule has 2 aliphatic heterocycles. The third kappa shape index (κ3) is 3.43. The lowest BCUT2D eigenvalue weighted by atomic mass is 9.99. The van der Waals surface area contributed by atoms with Crippen LogP contribution in [0.5, 0.6) is 0 Å². The average Bonchev–Trinajstić information content (AvgIpc) is 2.75. The lowest BCUT2D eigenvalue weighted by Crippen LogP contribution is -2.46. The van der Waals surface area contributed by atoms with E-state index in [-0.39, 0.29) is 12.1 Å². The van der Waals surface area contributed by atoms with Crippen LogP contribution >= 0.6 is 11.8 Å². The first-order valence-electron chi connectivity index (χ1n) is 7.78. The van der Waals surface area contributed by atoms with E-state index in [1.54, 1.807) is 0 Å². The fraction of sp³-hybridized carbons (Fsp3) is 0.588. The van der Waals surface area contributed by atoms with Gasteiger partial charge in [0.05, 0.1) is 5.56 Å². The molecule has 4 heteroatoms. The summed E-state index contributed by atoms with van der Waals surface area (Å²) < 4.78 is 5.74. The summed E-state index contributed by atoms with van der Waals surface area (Å²) in [6.45, 7) is 1.18. The van der Waals surface area contributed by atoms with Gasteiger partial charge in [-0.2, -0.15) is 11.8 Å². The molecule has 0 saturated carbocycles. The van der Waals surface area contributed by atoms with Crippen LogP contribution in [0.3, 0.4) is 0 Å². The molecule has 3 nitrogen and oxygen atoms in total. The number of thioether (sulfide) groups is 1. The summed E-state index contributed by atoms with van der Waals surface area (Å²) in [5.74, 6) is 1.03. The van der Waals surface area contributed by atoms with Crippen LogP contribution in [0, 0.1) is 0 Å². The molecule has 2 unspecified atom stereocenters. The molecule has 3 rings (SSSR count). The van der Waals surface area contributed by atoms with Crippen molar-refractivity contribution in [2.24, 2.45) is 0 Å².